The smallest absolute Gasteiger partial charge is 0.227 e. The molecule has 0 aliphatic rings. The third-order valence-corrected chi connectivity index (χ3v) is 3.06. The van der Waals surface area contributed by atoms with Crippen molar-refractivity contribution in [3.05, 3.63) is 35.4 Å². The van der Waals surface area contributed by atoms with Crippen LogP contribution in [0.1, 0.15) is 19.4 Å². The van der Waals surface area contributed by atoms with Crippen LogP contribution in [0.2, 0.25) is 0 Å². The molecule has 1 rings (SSSR count). The first-order chi connectivity index (χ1) is 8.29. The molecular weight excluding hydrogens is 240 g/mol. The third-order valence-electron chi connectivity index (χ3n) is 3.06. The van der Waals surface area contributed by atoms with Gasteiger partial charge < -0.3 is 10.0 Å². The zero-order valence-electron chi connectivity index (χ0n) is 10.7. The molecule has 0 unspecified atom stereocenters. The number of hydrogen-bond acceptors (Lipinski definition) is 2. The van der Waals surface area contributed by atoms with E-state index in [-0.39, 0.29) is 18.6 Å². The predicted molar refractivity (Wildman–Crippen MR) is 64.0 cm³/mol. The van der Waals surface area contributed by atoms with Crippen LogP contribution in [0.5, 0.6) is 0 Å². The molecule has 0 aliphatic heterocycles. The number of nitrogens with zero attached hydrogens (tertiary/aromatic N) is 1. The number of aliphatic hydroxyl groups excluding tert-OH is 1. The van der Waals surface area contributed by atoms with E-state index in [1.807, 2.05) is 0 Å². The van der Waals surface area contributed by atoms with Crippen LogP contribution in [0, 0.1) is 11.6 Å². The van der Waals surface area contributed by atoms with Crippen molar-refractivity contribution in [2.75, 3.05) is 13.7 Å². The van der Waals surface area contributed by atoms with Gasteiger partial charge in [-0.2, -0.15) is 0 Å². The summed E-state index contributed by atoms with van der Waals surface area (Å²) in [4.78, 5) is 13.2. The molecule has 0 atom stereocenters. The van der Waals surface area contributed by atoms with E-state index in [0.29, 0.717) is 0 Å². The van der Waals surface area contributed by atoms with E-state index >= 15 is 0 Å². The van der Waals surface area contributed by atoms with E-state index in [1.54, 1.807) is 13.8 Å². The minimum absolute atomic E-state index is 0.227. The summed E-state index contributed by atoms with van der Waals surface area (Å²) in [6.07, 6.45) is -0.363. The number of hydrogen-bond donors (Lipinski definition) is 1. The van der Waals surface area contributed by atoms with Crippen molar-refractivity contribution in [2.24, 2.45) is 0 Å². The number of carbonyl (C=O) groups is 1. The van der Waals surface area contributed by atoms with Crippen molar-refractivity contribution in [1.82, 2.24) is 4.90 Å². The first kappa shape index (κ1) is 14.6. The molecular formula is C13H17F2NO2. The normalized spacial score (nSPS) is 11.4. The molecule has 5 heteroatoms. The molecule has 0 saturated heterocycles. The number of amides is 1. The Morgan fingerprint density at radius 1 is 1.33 bits per heavy atom. The largest absolute Gasteiger partial charge is 0.394 e. The summed E-state index contributed by atoms with van der Waals surface area (Å²) < 4.78 is 26.8. The fourth-order valence-electron chi connectivity index (χ4n) is 1.41. The van der Waals surface area contributed by atoms with Crippen LogP contribution in [-0.2, 0) is 11.2 Å². The Kier molecular flexibility index (Phi) is 4.40. The number of carbonyl (C=O) groups excluding carboxylic acids is 1. The molecule has 1 amide bonds. The molecule has 0 bridgehead atoms. The first-order valence-electron chi connectivity index (χ1n) is 5.60. The fourth-order valence-corrected chi connectivity index (χ4v) is 1.41. The highest BCUT2D eigenvalue weighted by Gasteiger charge is 2.27. The Labute approximate surface area is 105 Å². The van der Waals surface area contributed by atoms with E-state index in [1.165, 1.54) is 18.0 Å². The second kappa shape index (κ2) is 5.44. The van der Waals surface area contributed by atoms with Crippen LogP contribution in [0.15, 0.2) is 18.2 Å². The maximum atomic E-state index is 13.4. The summed E-state index contributed by atoms with van der Waals surface area (Å²) >= 11 is 0. The molecule has 0 spiro atoms. The first-order valence-corrected chi connectivity index (χ1v) is 5.60. The van der Waals surface area contributed by atoms with Crippen LogP contribution in [-0.4, -0.2) is 35.1 Å². The Morgan fingerprint density at radius 3 is 2.28 bits per heavy atom. The predicted octanol–water partition coefficient (Wildman–Crippen LogP) is 1.74. The average molecular weight is 257 g/mol. The number of benzene rings is 1. The second-order valence-electron chi connectivity index (χ2n) is 4.80. The minimum atomic E-state index is -0.765. The van der Waals surface area contributed by atoms with Gasteiger partial charge in [-0.3, -0.25) is 4.79 Å². The van der Waals surface area contributed by atoms with Crippen LogP contribution in [0.25, 0.3) is 0 Å². The van der Waals surface area contributed by atoms with E-state index in [0.717, 1.165) is 12.1 Å². The van der Waals surface area contributed by atoms with Gasteiger partial charge in [-0.1, -0.05) is 6.07 Å². The van der Waals surface area contributed by atoms with Gasteiger partial charge in [-0.25, -0.2) is 8.78 Å². The fraction of sp³-hybridized carbons (Fsp3) is 0.462. The van der Waals surface area contributed by atoms with Crippen LogP contribution in [0.3, 0.4) is 0 Å². The second-order valence-corrected chi connectivity index (χ2v) is 4.80. The number of halogens is 2. The maximum Gasteiger partial charge on any atom is 0.227 e. The van der Waals surface area contributed by atoms with Crippen molar-refractivity contribution in [2.45, 2.75) is 25.8 Å². The molecule has 1 aromatic carbocycles. The Bertz CT molecular complexity index is 426. The average Bonchev–Trinajstić information content (AvgIpc) is 2.32. The van der Waals surface area contributed by atoms with Crippen LogP contribution in [0.4, 0.5) is 8.78 Å². The minimum Gasteiger partial charge on any atom is -0.394 e. The Hall–Kier alpha value is -1.49. The molecule has 0 saturated carbocycles. The molecule has 0 aliphatic carbocycles. The molecule has 0 heterocycles. The zero-order valence-corrected chi connectivity index (χ0v) is 10.7. The summed E-state index contributed by atoms with van der Waals surface area (Å²) in [5, 5.41) is 9.15. The summed E-state index contributed by atoms with van der Waals surface area (Å²) in [5.74, 6) is -1.92. The highest BCUT2D eigenvalue weighted by atomic mass is 19.1. The third kappa shape index (κ3) is 3.04. The summed E-state index contributed by atoms with van der Waals surface area (Å²) in [7, 11) is 1.50. The molecule has 3 nitrogen and oxygen atoms in total. The zero-order chi connectivity index (χ0) is 13.9. The van der Waals surface area contributed by atoms with Gasteiger partial charge in [0.15, 0.2) is 0 Å². The summed E-state index contributed by atoms with van der Waals surface area (Å²) in [5.41, 5.74) is -1.01. The molecule has 0 fully saturated rings. The van der Waals surface area contributed by atoms with E-state index < -0.39 is 23.1 Å². The van der Waals surface area contributed by atoms with Crippen LogP contribution >= 0.6 is 0 Å². The number of rotatable bonds is 4. The van der Waals surface area contributed by atoms with E-state index in [9.17, 15) is 13.6 Å². The van der Waals surface area contributed by atoms with Gasteiger partial charge >= 0.3 is 0 Å². The lowest BCUT2D eigenvalue weighted by Gasteiger charge is -2.34. The lowest BCUT2D eigenvalue weighted by molar-refractivity contribution is -0.135. The van der Waals surface area contributed by atoms with Crippen LogP contribution < -0.4 is 0 Å². The van der Waals surface area contributed by atoms with Gasteiger partial charge in [0.2, 0.25) is 5.91 Å². The van der Waals surface area contributed by atoms with Gasteiger partial charge in [-0.05, 0) is 26.0 Å². The lowest BCUT2D eigenvalue weighted by Crippen LogP contribution is -2.48. The Balaban J connectivity index is 2.89. The molecule has 1 aromatic rings. The SMILES string of the molecule is CN(C(=O)Cc1c(F)cccc1F)C(C)(C)CO. The van der Waals surface area contributed by atoms with Gasteiger partial charge in [0.05, 0.1) is 18.6 Å². The van der Waals surface area contributed by atoms with E-state index in [4.69, 9.17) is 5.11 Å². The Morgan fingerprint density at radius 2 is 1.83 bits per heavy atom. The maximum absolute atomic E-state index is 13.4. The molecule has 1 N–H and O–H groups in total. The van der Waals surface area contributed by atoms with Gasteiger partial charge in [-0.15, -0.1) is 0 Å². The summed E-state index contributed by atoms with van der Waals surface area (Å²) in [6.45, 7) is 3.11. The molecule has 0 radical (unpaired) electrons. The highest BCUT2D eigenvalue weighted by Crippen LogP contribution is 2.17. The van der Waals surface area contributed by atoms with Gasteiger partial charge in [0, 0.05) is 12.6 Å². The van der Waals surface area contributed by atoms with Crippen molar-refractivity contribution in [1.29, 1.82) is 0 Å². The van der Waals surface area contributed by atoms with Crippen molar-refractivity contribution in [3.63, 3.8) is 0 Å². The van der Waals surface area contributed by atoms with Gasteiger partial charge in [0.1, 0.15) is 11.6 Å². The highest BCUT2D eigenvalue weighted by molar-refractivity contribution is 5.79. The van der Waals surface area contributed by atoms with Crippen molar-refractivity contribution < 1.29 is 18.7 Å². The molecule has 100 valence electrons. The lowest BCUT2D eigenvalue weighted by atomic mass is 10.0. The van der Waals surface area contributed by atoms with Gasteiger partial charge in [0.25, 0.3) is 0 Å². The standard InChI is InChI=1S/C13H17F2NO2/c1-13(2,8-17)16(3)12(18)7-9-10(14)5-4-6-11(9)15/h4-6,17H,7-8H2,1-3H3. The summed E-state index contributed by atoms with van der Waals surface area (Å²) in [6, 6.07) is 3.48. The molecule has 0 aromatic heterocycles. The number of aliphatic hydroxyl groups is 1. The van der Waals surface area contributed by atoms with E-state index in [2.05, 4.69) is 0 Å². The monoisotopic (exact) mass is 257 g/mol. The quantitative estimate of drug-likeness (QED) is 0.892. The topological polar surface area (TPSA) is 40.5 Å². The number of likely N-dealkylation sites (N-methyl/N-ethyl adjacent to an activating group) is 1. The van der Waals surface area contributed by atoms with Crippen molar-refractivity contribution >= 4 is 5.91 Å². The molecule has 18 heavy (non-hydrogen) atoms. The van der Waals surface area contributed by atoms with Crippen molar-refractivity contribution in [3.8, 4) is 0 Å².